The van der Waals surface area contributed by atoms with Gasteiger partial charge in [-0.05, 0) is 45.4 Å². The third-order valence-corrected chi connectivity index (χ3v) is 2.61. The van der Waals surface area contributed by atoms with E-state index in [0.717, 1.165) is 18.5 Å². The summed E-state index contributed by atoms with van der Waals surface area (Å²) in [5.41, 5.74) is 6.36. The van der Waals surface area contributed by atoms with E-state index in [9.17, 15) is 9.59 Å². The maximum atomic E-state index is 11.9. The second kappa shape index (κ2) is 5.61. The Bertz CT molecular complexity index is 435. The number of carbonyl (C=O) groups excluding carboxylic acids is 1. The summed E-state index contributed by atoms with van der Waals surface area (Å²) in [6.45, 7) is 4.53. The molecule has 1 heterocycles. The smallest absolute Gasteiger partial charge is 0.261 e. The summed E-state index contributed by atoms with van der Waals surface area (Å²) in [6.07, 6.45) is 1.74. The molecule has 0 aliphatic carbocycles. The van der Waals surface area contributed by atoms with Crippen molar-refractivity contribution in [3.8, 4) is 0 Å². The number of rotatable bonds is 5. The van der Waals surface area contributed by atoms with Gasteiger partial charge >= 0.3 is 0 Å². The molecule has 0 aromatic carbocycles. The van der Waals surface area contributed by atoms with Gasteiger partial charge in [0.2, 0.25) is 0 Å². The Labute approximate surface area is 95.1 Å². The molecule has 0 bridgehead atoms. The standard InChI is InChI=1S/C12H18N2O2/c1-9-5-6-11(10(2)15)12(16)14(9)8-4-3-7-13/h5-6H,3-4,7-8,13H2,1-2H3. The number of unbranched alkanes of at least 4 members (excludes halogenated alkanes) is 1. The molecule has 0 amide bonds. The minimum atomic E-state index is -0.190. The van der Waals surface area contributed by atoms with Crippen LogP contribution in [0.25, 0.3) is 0 Å². The van der Waals surface area contributed by atoms with Crippen molar-refractivity contribution in [2.75, 3.05) is 6.54 Å². The van der Waals surface area contributed by atoms with E-state index in [1.807, 2.05) is 6.92 Å². The van der Waals surface area contributed by atoms with E-state index in [-0.39, 0.29) is 16.9 Å². The molecular formula is C12H18N2O2. The van der Waals surface area contributed by atoms with Crippen molar-refractivity contribution in [2.24, 2.45) is 5.73 Å². The zero-order valence-electron chi connectivity index (χ0n) is 9.82. The van der Waals surface area contributed by atoms with Crippen LogP contribution in [0.15, 0.2) is 16.9 Å². The molecule has 0 radical (unpaired) electrons. The number of hydrogen-bond donors (Lipinski definition) is 1. The number of nitrogens with two attached hydrogens (primary N) is 1. The van der Waals surface area contributed by atoms with Crippen molar-refractivity contribution < 1.29 is 4.79 Å². The molecule has 0 aliphatic heterocycles. The molecule has 0 saturated carbocycles. The molecule has 0 unspecified atom stereocenters. The first-order chi connectivity index (χ1) is 7.57. The molecule has 0 fully saturated rings. The number of hydrogen-bond acceptors (Lipinski definition) is 3. The molecular weight excluding hydrogens is 204 g/mol. The van der Waals surface area contributed by atoms with E-state index in [4.69, 9.17) is 5.73 Å². The van der Waals surface area contributed by atoms with E-state index in [1.165, 1.54) is 6.92 Å². The number of ketones is 1. The van der Waals surface area contributed by atoms with Gasteiger partial charge in [-0.15, -0.1) is 0 Å². The summed E-state index contributed by atoms with van der Waals surface area (Å²) in [5.74, 6) is -0.183. The molecule has 4 nitrogen and oxygen atoms in total. The molecule has 16 heavy (non-hydrogen) atoms. The lowest BCUT2D eigenvalue weighted by Crippen LogP contribution is -2.27. The fourth-order valence-corrected chi connectivity index (χ4v) is 1.63. The van der Waals surface area contributed by atoms with Crippen LogP contribution in [-0.4, -0.2) is 16.9 Å². The molecule has 4 heteroatoms. The Morgan fingerprint density at radius 3 is 2.62 bits per heavy atom. The van der Waals surface area contributed by atoms with Gasteiger partial charge in [-0.3, -0.25) is 9.59 Å². The summed E-state index contributed by atoms with van der Waals surface area (Å²) in [7, 11) is 0. The zero-order chi connectivity index (χ0) is 12.1. The molecule has 1 rings (SSSR count). The second-order valence-corrected chi connectivity index (χ2v) is 3.90. The van der Waals surface area contributed by atoms with Crippen LogP contribution in [0.4, 0.5) is 0 Å². The molecule has 88 valence electrons. The van der Waals surface area contributed by atoms with Gasteiger partial charge in [0.05, 0.1) is 5.56 Å². The number of aromatic nitrogens is 1. The average molecular weight is 222 g/mol. The van der Waals surface area contributed by atoms with Crippen molar-refractivity contribution in [1.29, 1.82) is 0 Å². The largest absolute Gasteiger partial charge is 0.330 e. The summed E-state index contributed by atoms with van der Waals surface area (Å²) in [6, 6.07) is 3.40. The average Bonchev–Trinajstić information content (AvgIpc) is 2.22. The molecule has 2 N–H and O–H groups in total. The van der Waals surface area contributed by atoms with Gasteiger partial charge in [-0.25, -0.2) is 0 Å². The van der Waals surface area contributed by atoms with Crippen LogP contribution in [0.1, 0.15) is 35.8 Å². The second-order valence-electron chi connectivity index (χ2n) is 3.90. The van der Waals surface area contributed by atoms with Crippen LogP contribution in [0.3, 0.4) is 0 Å². The topological polar surface area (TPSA) is 65.1 Å². The van der Waals surface area contributed by atoms with Crippen molar-refractivity contribution in [3.63, 3.8) is 0 Å². The molecule has 0 spiro atoms. The van der Waals surface area contributed by atoms with Gasteiger partial charge in [0.15, 0.2) is 5.78 Å². The Kier molecular flexibility index (Phi) is 4.43. The van der Waals surface area contributed by atoms with Gasteiger partial charge in [-0.2, -0.15) is 0 Å². The zero-order valence-corrected chi connectivity index (χ0v) is 9.82. The van der Waals surface area contributed by atoms with Crippen molar-refractivity contribution in [3.05, 3.63) is 33.7 Å². The third-order valence-electron chi connectivity index (χ3n) is 2.61. The van der Waals surface area contributed by atoms with Gasteiger partial charge in [0.25, 0.3) is 5.56 Å². The van der Waals surface area contributed by atoms with Crippen LogP contribution < -0.4 is 11.3 Å². The molecule has 0 saturated heterocycles. The van der Waals surface area contributed by atoms with Gasteiger partial charge in [0.1, 0.15) is 0 Å². The van der Waals surface area contributed by atoms with Crippen molar-refractivity contribution >= 4 is 5.78 Å². The highest BCUT2D eigenvalue weighted by Gasteiger charge is 2.09. The Hall–Kier alpha value is -1.42. The first kappa shape index (κ1) is 12.6. The van der Waals surface area contributed by atoms with E-state index < -0.39 is 0 Å². The lowest BCUT2D eigenvalue weighted by atomic mass is 10.2. The minimum absolute atomic E-state index is 0.183. The van der Waals surface area contributed by atoms with E-state index >= 15 is 0 Å². The summed E-state index contributed by atoms with van der Waals surface area (Å²) in [5, 5.41) is 0. The first-order valence-corrected chi connectivity index (χ1v) is 5.49. The quantitative estimate of drug-likeness (QED) is 0.599. The predicted octanol–water partition coefficient (Wildman–Crippen LogP) is 1.10. The van der Waals surface area contributed by atoms with Crippen LogP contribution in [0, 0.1) is 6.92 Å². The Morgan fingerprint density at radius 1 is 1.38 bits per heavy atom. The molecule has 0 atom stereocenters. The number of pyridine rings is 1. The summed E-state index contributed by atoms with van der Waals surface area (Å²) in [4.78, 5) is 23.2. The van der Waals surface area contributed by atoms with E-state index in [2.05, 4.69) is 0 Å². The van der Waals surface area contributed by atoms with Gasteiger partial charge < -0.3 is 10.3 Å². The number of Topliss-reactive ketones (excluding diaryl/α,β-unsaturated/α-hetero) is 1. The van der Waals surface area contributed by atoms with Crippen LogP contribution in [-0.2, 0) is 6.54 Å². The fourth-order valence-electron chi connectivity index (χ4n) is 1.63. The predicted molar refractivity (Wildman–Crippen MR) is 63.7 cm³/mol. The normalized spacial score (nSPS) is 10.4. The van der Waals surface area contributed by atoms with E-state index in [0.29, 0.717) is 13.1 Å². The molecule has 0 aliphatic rings. The lowest BCUT2D eigenvalue weighted by molar-refractivity contribution is 0.101. The fraction of sp³-hybridized carbons (Fsp3) is 0.500. The third kappa shape index (κ3) is 2.79. The SMILES string of the molecule is CC(=O)c1ccc(C)n(CCCCN)c1=O. The number of carbonyl (C=O) groups is 1. The maximum Gasteiger partial charge on any atom is 0.261 e. The molecule has 1 aromatic heterocycles. The number of aryl methyl sites for hydroxylation is 1. The Balaban J connectivity index is 3.02. The van der Waals surface area contributed by atoms with Crippen LogP contribution >= 0.6 is 0 Å². The highest BCUT2D eigenvalue weighted by molar-refractivity contribution is 5.93. The highest BCUT2D eigenvalue weighted by Crippen LogP contribution is 2.01. The molecule has 1 aromatic rings. The highest BCUT2D eigenvalue weighted by atomic mass is 16.1. The monoisotopic (exact) mass is 222 g/mol. The van der Waals surface area contributed by atoms with E-state index in [1.54, 1.807) is 16.7 Å². The maximum absolute atomic E-state index is 11.9. The van der Waals surface area contributed by atoms with Crippen LogP contribution in [0.2, 0.25) is 0 Å². The van der Waals surface area contributed by atoms with Gasteiger partial charge in [0, 0.05) is 12.2 Å². The Morgan fingerprint density at radius 2 is 2.06 bits per heavy atom. The summed E-state index contributed by atoms with van der Waals surface area (Å²) >= 11 is 0. The van der Waals surface area contributed by atoms with Crippen molar-refractivity contribution in [2.45, 2.75) is 33.2 Å². The first-order valence-electron chi connectivity index (χ1n) is 5.49. The van der Waals surface area contributed by atoms with Crippen molar-refractivity contribution in [1.82, 2.24) is 4.57 Å². The van der Waals surface area contributed by atoms with Gasteiger partial charge in [-0.1, -0.05) is 0 Å². The van der Waals surface area contributed by atoms with Crippen LogP contribution in [0.5, 0.6) is 0 Å². The summed E-state index contributed by atoms with van der Waals surface area (Å²) < 4.78 is 1.65. The lowest BCUT2D eigenvalue weighted by Gasteiger charge is -2.10. The number of nitrogens with zero attached hydrogens (tertiary/aromatic N) is 1. The minimum Gasteiger partial charge on any atom is -0.330 e.